The van der Waals surface area contributed by atoms with Gasteiger partial charge in [0.25, 0.3) is 0 Å². The van der Waals surface area contributed by atoms with Crippen LogP contribution in [0.2, 0.25) is 0 Å². The van der Waals surface area contributed by atoms with Crippen molar-refractivity contribution >= 4 is 12.1 Å². The third kappa shape index (κ3) is 2.29. The first-order valence-electron chi connectivity index (χ1n) is 2.37. The first-order valence-corrected chi connectivity index (χ1v) is 2.37. The largest absolute Gasteiger partial charge is 0.290 e. The van der Waals surface area contributed by atoms with E-state index in [1.54, 1.807) is 0 Å². The molecule has 0 aliphatic carbocycles. The second-order valence-electron chi connectivity index (χ2n) is 1.62. The molecule has 0 aromatic carbocycles. The number of nitrogens with one attached hydrogen (secondary N) is 1. The lowest BCUT2D eigenvalue weighted by atomic mass is 10.2. The lowest BCUT2D eigenvalue weighted by Crippen LogP contribution is -1.90. The minimum atomic E-state index is 0.819. The number of aliphatic imine (C=N–C) groups is 1. The van der Waals surface area contributed by atoms with Gasteiger partial charge in [0.1, 0.15) is 6.34 Å². The highest BCUT2D eigenvalue weighted by molar-refractivity contribution is 6.00. The highest BCUT2D eigenvalue weighted by Gasteiger charge is 1.85. The van der Waals surface area contributed by atoms with Crippen molar-refractivity contribution in [3.05, 3.63) is 12.2 Å². The van der Waals surface area contributed by atoms with Gasteiger partial charge in [-0.1, -0.05) is 6.58 Å². The van der Waals surface area contributed by atoms with Crippen molar-refractivity contribution in [3.63, 3.8) is 0 Å². The second kappa shape index (κ2) is 3.13. The van der Waals surface area contributed by atoms with Gasteiger partial charge in [-0.05, 0) is 19.4 Å². The predicted molar refractivity (Wildman–Crippen MR) is 36.7 cm³/mol. The van der Waals surface area contributed by atoms with E-state index >= 15 is 0 Å². The summed E-state index contributed by atoms with van der Waals surface area (Å²) < 4.78 is 0. The zero-order valence-electron chi connectivity index (χ0n) is 5.23. The first-order chi connectivity index (χ1) is 3.68. The Kier molecular flexibility index (Phi) is 2.77. The van der Waals surface area contributed by atoms with Crippen LogP contribution in [0.5, 0.6) is 0 Å². The molecule has 1 N–H and O–H groups in total. The van der Waals surface area contributed by atoms with Gasteiger partial charge in [-0.15, -0.1) is 0 Å². The quantitative estimate of drug-likeness (QED) is 0.414. The fourth-order valence-corrected chi connectivity index (χ4v) is 0.207. The molecular formula is C6H10N2. The fraction of sp³-hybridized carbons (Fsp3) is 0.333. The van der Waals surface area contributed by atoms with Crippen LogP contribution < -0.4 is 0 Å². The summed E-state index contributed by atoms with van der Waals surface area (Å²) in [7, 11) is 0. The average Bonchev–Trinajstić information content (AvgIpc) is 1.67. The lowest BCUT2D eigenvalue weighted by Gasteiger charge is -1.90. The standard InChI is InChI=1S/C6H10N2/c1-5(2)6(3)8-4-7/h4,7H,1H2,2-3H3/b7-4?,8-6-. The van der Waals surface area contributed by atoms with E-state index in [4.69, 9.17) is 5.41 Å². The summed E-state index contributed by atoms with van der Waals surface area (Å²) in [6.07, 6.45) is 1.02. The van der Waals surface area contributed by atoms with Crippen LogP contribution in [0.25, 0.3) is 0 Å². The summed E-state index contributed by atoms with van der Waals surface area (Å²) >= 11 is 0. The maximum atomic E-state index is 6.57. The van der Waals surface area contributed by atoms with Gasteiger partial charge >= 0.3 is 0 Å². The summed E-state index contributed by atoms with van der Waals surface area (Å²) in [5.41, 5.74) is 1.73. The number of nitrogens with zero attached hydrogens (tertiary/aromatic N) is 1. The molecule has 0 spiro atoms. The van der Waals surface area contributed by atoms with E-state index in [1.165, 1.54) is 0 Å². The maximum Gasteiger partial charge on any atom is 0.107 e. The van der Waals surface area contributed by atoms with Crippen molar-refractivity contribution in [1.82, 2.24) is 0 Å². The van der Waals surface area contributed by atoms with Crippen LogP contribution in [0, 0.1) is 5.41 Å². The molecule has 0 heterocycles. The molecule has 44 valence electrons. The summed E-state index contributed by atoms with van der Waals surface area (Å²) in [5.74, 6) is 0. The third-order valence-corrected chi connectivity index (χ3v) is 0.876. The Morgan fingerprint density at radius 3 is 2.25 bits per heavy atom. The van der Waals surface area contributed by atoms with Crippen LogP contribution in [-0.2, 0) is 0 Å². The number of hydrogen-bond acceptors (Lipinski definition) is 1. The van der Waals surface area contributed by atoms with Crippen LogP contribution in [0.3, 0.4) is 0 Å². The van der Waals surface area contributed by atoms with Crippen molar-refractivity contribution in [2.75, 3.05) is 0 Å². The van der Waals surface area contributed by atoms with Gasteiger partial charge in [0.2, 0.25) is 0 Å². The highest BCUT2D eigenvalue weighted by Crippen LogP contribution is 1.89. The van der Waals surface area contributed by atoms with Gasteiger partial charge in [-0.2, -0.15) is 0 Å². The first kappa shape index (κ1) is 7.08. The van der Waals surface area contributed by atoms with Crippen molar-refractivity contribution in [3.8, 4) is 0 Å². The van der Waals surface area contributed by atoms with Crippen molar-refractivity contribution in [1.29, 1.82) is 5.41 Å². The van der Waals surface area contributed by atoms with Gasteiger partial charge in [-0.25, -0.2) is 4.99 Å². The molecule has 8 heavy (non-hydrogen) atoms. The Morgan fingerprint density at radius 2 is 2.12 bits per heavy atom. The third-order valence-electron chi connectivity index (χ3n) is 0.876. The molecule has 2 nitrogen and oxygen atoms in total. The Balaban J connectivity index is 3.99. The molecule has 0 rings (SSSR count). The molecule has 0 saturated heterocycles. The topological polar surface area (TPSA) is 36.2 Å². The lowest BCUT2D eigenvalue weighted by molar-refractivity contribution is 1.48. The summed E-state index contributed by atoms with van der Waals surface area (Å²) in [4.78, 5) is 3.68. The zero-order chi connectivity index (χ0) is 6.57. The molecular weight excluding hydrogens is 100 g/mol. The second-order valence-corrected chi connectivity index (χ2v) is 1.62. The molecule has 0 saturated carbocycles. The average molecular weight is 110 g/mol. The van der Waals surface area contributed by atoms with Gasteiger partial charge in [0.15, 0.2) is 0 Å². The summed E-state index contributed by atoms with van der Waals surface area (Å²) in [5, 5.41) is 6.57. The van der Waals surface area contributed by atoms with Crippen LogP contribution in [0.1, 0.15) is 13.8 Å². The molecule has 0 aliphatic heterocycles. The minimum absolute atomic E-state index is 0.819. The van der Waals surface area contributed by atoms with E-state index in [-0.39, 0.29) is 0 Å². The van der Waals surface area contributed by atoms with E-state index in [0.717, 1.165) is 17.6 Å². The van der Waals surface area contributed by atoms with E-state index < -0.39 is 0 Å². The van der Waals surface area contributed by atoms with E-state index in [9.17, 15) is 0 Å². The molecule has 0 atom stereocenters. The van der Waals surface area contributed by atoms with E-state index in [1.807, 2.05) is 13.8 Å². The molecule has 0 aromatic heterocycles. The highest BCUT2D eigenvalue weighted by atomic mass is 14.8. The van der Waals surface area contributed by atoms with Gasteiger partial charge in [-0.3, -0.25) is 5.41 Å². The molecule has 0 amide bonds. The molecule has 0 bridgehead atoms. The van der Waals surface area contributed by atoms with Crippen LogP contribution in [0.15, 0.2) is 17.1 Å². The summed E-state index contributed by atoms with van der Waals surface area (Å²) in [6, 6.07) is 0. The number of allylic oxidation sites excluding steroid dienone is 1. The molecule has 0 aromatic rings. The van der Waals surface area contributed by atoms with Gasteiger partial charge in [0, 0.05) is 5.71 Å². The number of rotatable bonds is 2. The normalized spacial score (nSPS) is 11.0. The SMILES string of the molecule is C=C(C)/C(C)=N\C=N. The Morgan fingerprint density at radius 1 is 1.62 bits per heavy atom. The zero-order valence-corrected chi connectivity index (χ0v) is 5.23. The molecule has 0 radical (unpaired) electrons. The van der Waals surface area contributed by atoms with Crippen molar-refractivity contribution in [2.24, 2.45) is 4.99 Å². The Labute approximate surface area is 49.5 Å². The van der Waals surface area contributed by atoms with Gasteiger partial charge < -0.3 is 0 Å². The molecule has 2 heteroatoms. The smallest absolute Gasteiger partial charge is 0.107 e. The summed E-state index contributed by atoms with van der Waals surface area (Å²) in [6.45, 7) is 7.33. The predicted octanol–water partition coefficient (Wildman–Crippen LogP) is 1.63. The molecule has 0 fully saturated rings. The van der Waals surface area contributed by atoms with Crippen LogP contribution >= 0.6 is 0 Å². The van der Waals surface area contributed by atoms with Gasteiger partial charge in [0.05, 0.1) is 0 Å². The Hall–Kier alpha value is -0.920. The van der Waals surface area contributed by atoms with E-state index in [0.29, 0.717) is 0 Å². The number of hydrogen-bond donors (Lipinski definition) is 1. The maximum absolute atomic E-state index is 6.57. The fourth-order valence-electron chi connectivity index (χ4n) is 0.207. The molecule has 0 unspecified atom stereocenters. The monoisotopic (exact) mass is 110 g/mol. The van der Waals surface area contributed by atoms with Crippen LogP contribution in [-0.4, -0.2) is 12.1 Å². The van der Waals surface area contributed by atoms with Crippen LogP contribution in [0.4, 0.5) is 0 Å². The molecule has 0 aliphatic rings. The Bertz CT molecular complexity index is 133. The van der Waals surface area contributed by atoms with E-state index in [2.05, 4.69) is 11.6 Å². The van der Waals surface area contributed by atoms with Crippen molar-refractivity contribution < 1.29 is 0 Å². The van der Waals surface area contributed by atoms with Crippen molar-refractivity contribution in [2.45, 2.75) is 13.8 Å². The minimum Gasteiger partial charge on any atom is -0.290 e.